The molecule has 0 amide bonds. The van der Waals surface area contributed by atoms with E-state index in [-0.39, 0.29) is 0 Å². The maximum Gasteiger partial charge on any atom is 0.341 e. The van der Waals surface area contributed by atoms with Crippen molar-refractivity contribution in [2.45, 2.75) is 25.8 Å². The van der Waals surface area contributed by atoms with E-state index in [0.29, 0.717) is 25.7 Å². The highest BCUT2D eigenvalue weighted by Gasteiger charge is 2.24. The lowest BCUT2D eigenvalue weighted by Gasteiger charge is -2.17. The van der Waals surface area contributed by atoms with Crippen LogP contribution >= 0.6 is 33.2 Å². The molecule has 0 radical (unpaired) electrons. The van der Waals surface area contributed by atoms with Crippen LogP contribution in [0.25, 0.3) is 11.1 Å². The molecule has 0 aliphatic heterocycles. The average Bonchev–Trinajstić information content (AvgIpc) is 2.57. The second kappa shape index (κ2) is 9.57. The lowest BCUT2D eigenvalue weighted by atomic mass is 10.0. The molecule has 0 saturated heterocycles. The Morgan fingerprint density at radius 2 is 1.62 bits per heavy atom. The molecule has 0 heterocycles. The lowest BCUT2D eigenvalue weighted by Crippen LogP contribution is -2.11. The van der Waals surface area contributed by atoms with Crippen molar-refractivity contribution >= 4 is 39.2 Å². The maximum atomic E-state index is 6.04. The van der Waals surface area contributed by atoms with Crippen molar-refractivity contribution in [3.05, 3.63) is 48.5 Å². The molecule has 0 N–H and O–H groups in total. The van der Waals surface area contributed by atoms with E-state index in [1.807, 2.05) is 36.4 Å². The summed E-state index contributed by atoms with van der Waals surface area (Å²) in [4.78, 5) is 0. The zero-order valence-electron chi connectivity index (χ0n) is 13.6. The molecule has 0 spiro atoms. The van der Waals surface area contributed by atoms with Crippen LogP contribution in [0.15, 0.2) is 48.5 Å². The van der Waals surface area contributed by atoms with Gasteiger partial charge in [0.05, 0.1) is 13.2 Å². The molecule has 130 valence electrons. The standard InChI is InChI=1S/C18H21Cl3O2Si/c1-2-12-22-17-11-6-10-16(15-8-4-3-5-9-15)18(17)23-13-7-14-24(19,20)21/h3-6,8-11H,2,7,12-14H2,1H3. The summed E-state index contributed by atoms with van der Waals surface area (Å²) in [5.74, 6) is 1.51. The second-order valence-corrected chi connectivity index (χ2v) is 14.7. The monoisotopic (exact) mass is 402 g/mol. The molecule has 2 aromatic rings. The van der Waals surface area contributed by atoms with Gasteiger partial charge in [0.2, 0.25) is 0 Å². The van der Waals surface area contributed by atoms with Gasteiger partial charge < -0.3 is 9.47 Å². The van der Waals surface area contributed by atoms with Gasteiger partial charge in [-0.15, -0.1) is 33.2 Å². The van der Waals surface area contributed by atoms with Crippen LogP contribution in [-0.2, 0) is 0 Å². The molecule has 0 unspecified atom stereocenters. The van der Waals surface area contributed by atoms with E-state index in [0.717, 1.165) is 29.0 Å². The molecule has 0 saturated carbocycles. The fraction of sp³-hybridized carbons (Fsp3) is 0.333. The SMILES string of the molecule is CCCOc1cccc(-c2ccccc2)c1OCCC[Si](Cl)(Cl)Cl. The van der Waals surface area contributed by atoms with Crippen molar-refractivity contribution in [1.82, 2.24) is 0 Å². The molecule has 0 aliphatic rings. The number of ether oxygens (including phenoxy) is 2. The first-order chi connectivity index (χ1) is 11.5. The fourth-order valence-electron chi connectivity index (χ4n) is 2.28. The molecule has 24 heavy (non-hydrogen) atoms. The van der Waals surface area contributed by atoms with E-state index < -0.39 is 6.00 Å². The zero-order valence-corrected chi connectivity index (χ0v) is 16.9. The molecule has 0 aromatic heterocycles. The van der Waals surface area contributed by atoms with Gasteiger partial charge in [-0.25, -0.2) is 0 Å². The van der Waals surface area contributed by atoms with Crippen molar-refractivity contribution in [3.63, 3.8) is 0 Å². The van der Waals surface area contributed by atoms with Crippen LogP contribution in [0.5, 0.6) is 11.5 Å². The summed E-state index contributed by atoms with van der Waals surface area (Å²) in [6, 6.07) is 14.0. The normalized spacial score (nSPS) is 11.3. The van der Waals surface area contributed by atoms with Gasteiger partial charge in [0.15, 0.2) is 11.5 Å². The molecule has 6 heteroatoms. The van der Waals surface area contributed by atoms with Gasteiger partial charge in [0.25, 0.3) is 0 Å². The summed E-state index contributed by atoms with van der Waals surface area (Å²) in [6.07, 6.45) is 1.65. The molecule has 0 atom stereocenters. The Morgan fingerprint density at radius 3 is 2.29 bits per heavy atom. The number of hydrogen-bond acceptors (Lipinski definition) is 2. The van der Waals surface area contributed by atoms with E-state index in [4.69, 9.17) is 42.7 Å². The molecule has 0 aliphatic carbocycles. The van der Waals surface area contributed by atoms with Crippen LogP contribution in [-0.4, -0.2) is 19.2 Å². The first-order valence-corrected chi connectivity index (χ1v) is 13.3. The average molecular weight is 404 g/mol. The number of benzene rings is 2. The quantitative estimate of drug-likeness (QED) is 0.268. The smallest absolute Gasteiger partial charge is 0.341 e. The Bertz CT molecular complexity index is 630. The third-order valence-corrected chi connectivity index (χ3v) is 6.00. The van der Waals surface area contributed by atoms with Gasteiger partial charge >= 0.3 is 6.00 Å². The largest absolute Gasteiger partial charge is 0.490 e. The molecule has 2 nitrogen and oxygen atoms in total. The van der Waals surface area contributed by atoms with Crippen molar-refractivity contribution in [1.29, 1.82) is 0 Å². The molecule has 2 rings (SSSR count). The predicted octanol–water partition coefficient (Wildman–Crippen LogP) is 6.57. The molecule has 0 fully saturated rings. The predicted molar refractivity (Wildman–Crippen MR) is 106 cm³/mol. The second-order valence-electron chi connectivity index (χ2n) is 5.41. The summed E-state index contributed by atoms with van der Waals surface area (Å²) >= 11 is 17.8. The van der Waals surface area contributed by atoms with Gasteiger partial charge in [-0.1, -0.05) is 49.4 Å². The highest BCUT2D eigenvalue weighted by molar-refractivity contribution is 7.64. The Labute approximate surface area is 158 Å². The minimum atomic E-state index is -2.60. The van der Waals surface area contributed by atoms with Crippen molar-refractivity contribution in [2.24, 2.45) is 0 Å². The summed E-state index contributed by atoms with van der Waals surface area (Å²) in [5, 5.41) is 0. The summed E-state index contributed by atoms with van der Waals surface area (Å²) < 4.78 is 11.9. The number of para-hydroxylation sites is 1. The van der Waals surface area contributed by atoms with Gasteiger partial charge in [0.1, 0.15) is 0 Å². The van der Waals surface area contributed by atoms with Gasteiger partial charge in [-0.3, -0.25) is 0 Å². The molecule has 0 bridgehead atoms. The van der Waals surface area contributed by atoms with Gasteiger partial charge in [0, 0.05) is 5.56 Å². The van der Waals surface area contributed by atoms with Crippen LogP contribution < -0.4 is 9.47 Å². The number of rotatable bonds is 9. The Kier molecular flexibility index (Phi) is 7.76. The third-order valence-electron chi connectivity index (χ3n) is 3.38. The van der Waals surface area contributed by atoms with E-state index in [1.165, 1.54) is 0 Å². The van der Waals surface area contributed by atoms with Crippen LogP contribution in [0.4, 0.5) is 0 Å². The van der Waals surface area contributed by atoms with E-state index in [2.05, 4.69) is 19.1 Å². The first kappa shape index (κ1) is 19.5. The van der Waals surface area contributed by atoms with Crippen LogP contribution in [0.3, 0.4) is 0 Å². The Balaban J connectivity index is 2.20. The maximum absolute atomic E-state index is 6.04. The molecular weight excluding hydrogens is 383 g/mol. The molecule has 2 aromatic carbocycles. The van der Waals surface area contributed by atoms with E-state index >= 15 is 0 Å². The minimum Gasteiger partial charge on any atom is -0.490 e. The summed E-state index contributed by atoms with van der Waals surface area (Å²) in [6.45, 7) is 3.22. The fourth-order valence-corrected chi connectivity index (χ4v) is 4.03. The third kappa shape index (κ3) is 6.21. The van der Waals surface area contributed by atoms with Crippen LogP contribution in [0.2, 0.25) is 6.04 Å². The van der Waals surface area contributed by atoms with Crippen molar-refractivity contribution in [3.8, 4) is 22.6 Å². The van der Waals surface area contributed by atoms with Gasteiger partial charge in [-0.2, -0.15) is 0 Å². The minimum absolute atomic E-state index is 0.493. The number of halogens is 3. The molecular formula is C18H21Cl3O2Si. The first-order valence-electron chi connectivity index (χ1n) is 8.02. The van der Waals surface area contributed by atoms with Crippen LogP contribution in [0.1, 0.15) is 19.8 Å². The van der Waals surface area contributed by atoms with Crippen molar-refractivity contribution < 1.29 is 9.47 Å². The lowest BCUT2D eigenvalue weighted by molar-refractivity contribution is 0.269. The van der Waals surface area contributed by atoms with E-state index in [1.54, 1.807) is 0 Å². The Hall–Kier alpha value is -0.873. The summed E-state index contributed by atoms with van der Waals surface area (Å²) in [7, 11) is 0. The highest BCUT2D eigenvalue weighted by Crippen LogP contribution is 2.38. The van der Waals surface area contributed by atoms with E-state index in [9.17, 15) is 0 Å². The summed E-state index contributed by atoms with van der Waals surface area (Å²) in [5.41, 5.74) is 2.10. The topological polar surface area (TPSA) is 18.5 Å². The highest BCUT2D eigenvalue weighted by atomic mass is 35.8. The Morgan fingerprint density at radius 1 is 0.875 bits per heavy atom. The zero-order chi connectivity index (χ0) is 17.4. The number of hydrogen-bond donors (Lipinski definition) is 0. The van der Waals surface area contributed by atoms with Gasteiger partial charge in [-0.05, 0) is 30.5 Å². The van der Waals surface area contributed by atoms with Crippen molar-refractivity contribution in [2.75, 3.05) is 13.2 Å². The van der Waals surface area contributed by atoms with Crippen LogP contribution in [0, 0.1) is 0 Å².